The largest absolute Gasteiger partial charge is 0.356 e. The van der Waals surface area contributed by atoms with E-state index in [4.69, 9.17) is 0 Å². The normalized spacial score (nSPS) is 13.0. The van der Waals surface area contributed by atoms with Gasteiger partial charge in [0.05, 0.1) is 17.9 Å². The Kier molecular flexibility index (Phi) is 3.60. The minimum atomic E-state index is 0.00972. The fourth-order valence-electron chi connectivity index (χ4n) is 2.92. The standard InChI is InChI=1S/C20H15N3O/c24-20-14-23(13-15-5-2-1-3-6-15)19-11-16(8-9-18(19)22-20)17-7-4-10-21-12-17/h1-3,5-9,11-12H,13-14H2,(H,22,24). The molecule has 0 atom stereocenters. The van der Waals surface area contributed by atoms with Gasteiger partial charge in [0.2, 0.25) is 5.91 Å². The molecule has 4 nitrogen and oxygen atoms in total. The quantitative estimate of drug-likeness (QED) is 0.807. The highest BCUT2D eigenvalue weighted by molar-refractivity contribution is 6.01. The first-order chi connectivity index (χ1) is 11.8. The average Bonchev–Trinajstić information content (AvgIpc) is 2.63. The zero-order valence-electron chi connectivity index (χ0n) is 13.0. The molecule has 0 aliphatic carbocycles. The van der Waals surface area contributed by atoms with Gasteiger partial charge in [-0.2, -0.15) is 0 Å². The monoisotopic (exact) mass is 313 g/mol. The summed E-state index contributed by atoms with van der Waals surface area (Å²) in [6, 6.07) is 20.9. The number of benzene rings is 2. The van der Waals surface area contributed by atoms with Crippen molar-refractivity contribution in [1.29, 1.82) is 0 Å². The second-order valence-electron chi connectivity index (χ2n) is 5.74. The van der Waals surface area contributed by atoms with E-state index >= 15 is 0 Å². The Labute approximate surface area is 140 Å². The van der Waals surface area contributed by atoms with Crippen LogP contribution in [-0.2, 0) is 11.3 Å². The minimum Gasteiger partial charge on any atom is -0.356 e. The number of anilines is 2. The molecule has 0 radical (unpaired) electrons. The summed E-state index contributed by atoms with van der Waals surface area (Å²) in [6.45, 7) is 1.04. The molecule has 2 aromatic carbocycles. The number of aromatic nitrogens is 1. The highest BCUT2D eigenvalue weighted by Crippen LogP contribution is 2.34. The van der Waals surface area contributed by atoms with Gasteiger partial charge in [0.25, 0.3) is 0 Å². The van der Waals surface area contributed by atoms with Crippen LogP contribution in [0, 0.1) is 12.3 Å². The van der Waals surface area contributed by atoms with Crippen molar-refractivity contribution in [2.75, 3.05) is 16.8 Å². The topological polar surface area (TPSA) is 45.2 Å². The fraction of sp³-hybridized carbons (Fsp3) is 0.100. The lowest BCUT2D eigenvalue weighted by Gasteiger charge is -2.31. The number of carbonyl (C=O) groups is 1. The molecular formula is C20H15N3O. The van der Waals surface area contributed by atoms with E-state index in [0.717, 1.165) is 22.5 Å². The Bertz CT molecular complexity index is 863. The summed E-state index contributed by atoms with van der Waals surface area (Å²) in [7, 11) is 0. The van der Waals surface area contributed by atoms with Crippen LogP contribution in [0.15, 0.2) is 60.8 Å². The van der Waals surface area contributed by atoms with E-state index in [-0.39, 0.29) is 5.91 Å². The first kappa shape index (κ1) is 14.3. The van der Waals surface area contributed by atoms with Gasteiger partial charge in [0, 0.05) is 24.5 Å². The maximum absolute atomic E-state index is 12.0. The number of nitrogens with one attached hydrogen (secondary N) is 1. The van der Waals surface area contributed by atoms with Gasteiger partial charge in [0.15, 0.2) is 0 Å². The van der Waals surface area contributed by atoms with Crippen LogP contribution in [-0.4, -0.2) is 17.4 Å². The molecule has 1 N–H and O–H groups in total. The third kappa shape index (κ3) is 2.80. The second-order valence-corrected chi connectivity index (χ2v) is 5.74. The molecule has 4 heteroatoms. The van der Waals surface area contributed by atoms with Crippen molar-refractivity contribution in [1.82, 2.24) is 4.98 Å². The summed E-state index contributed by atoms with van der Waals surface area (Å²) in [5, 5.41) is 2.94. The van der Waals surface area contributed by atoms with E-state index in [0.29, 0.717) is 13.1 Å². The van der Waals surface area contributed by atoms with Gasteiger partial charge in [-0.1, -0.05) is 36.4 Å². The molecule has 0 bridgehead atoms. The zero-order chi connectivity index (χ0) is 16.4. The Morgan fingerprint density at radius 1 is 1.12 bits per heavy atom. The number of nitrogens with zero attached hydrogens (tertiary/aromatic N) is 2. The van der Waals surface area contributed by atoms with Crippen LogP contribution < -0.4 is 10.2 Å². The minimum absolute atomic E-state index is 0.00972. The SMILES string of the molecule is O=C1CN(Cc2ccccc2)c2cc(-c3cc#cnc3)ccc2N1. The van der Waals surface area contributed by atoms with Crippen LogP contribution in [0.1, 0.15) is 5.56 Å². The summed E-state index contributed by atoms with van der Waals surface area (Å²) in [4.78, 5) is 18.1. The van der Waals surface area contributed by atoms with E-state index in [9.17, 15) is 4.79 Å². The van der Waals surface area contributed by atoms with Gasteiger partial charge in [-0.05, 0) is 35.4 Å². The Hall–Kier alpha value is -3.32. The number of hydrogen-bond donors (Lipinski definition) is 1. The first-order valence-electron chi connectivity index (χ1n) is 7.76. The van der Waals surface area contributed by atoms with E-state index in [1.165, 1.54) is 5.56 Å². The number of carbonyl (C=O) groups excluding carboxylic acids is 1. The van der Waals surface area contributed by atoms with Crippen LogP contribution in [0.5, 0.6) is 0 Å². The van der Waals surface area contributed by atoms with Gasteiger partial charge in [0.1, 0.15) is 0 Å². The maximum Gasteiger partial charge on any atom is 0.243 e. The predicted octanol–water partition coefficient (Wildman–Crippen LogP) is 3.31. The lowest BCUT2D eigenvalue weighted by atomic mass is 10.0. The molecular weight excluding hydrogens is 298 g/mol. The molecule has 1 amide bonds. The van der Waals surface area contributed by atoms with Crippen LogP contribution >= 0.6 is 0 Å². The van der Waals surface area contributed by atoms with Gasteiger partial charge in [-0.25, -0.2) is 4.98 Å². The van der Waals surface area contributed by atoms with Gasteiger partial charge in [-0.15, -0.1) is 0 Å². The Morgan fingerprint density at radius 3 is 2.79 bits per heavy atom. The van der Waals surface area contributed by atoms with E-state index in [1.807, 2.05) is 36.4 Å². The maximum atomic E-state index is 12.0. The van der Waals surface area contributed by atoms with Crippen molar-refractivity contribution in [3.05, 3.63) is 78.6 Å². The highest BCUT2D eigenvalue weighted by atomic mass is 16.2. The Balaban J connectivity index is 1.72. The number of amides is 1. The first-order valence-corrected chi connectivity index (χ1v) is 7.76. The van der Waals surface area contributed by atoms with E-state index in [1.54, 1.807) is 6.20 Å². The predicted molar refractivity (Wildman–Crippen MR) is 93.5 cm³/mol. The number of rotatable bonds is 3. The van der Waals surface area contributed by atoms with Crippen molar-refractivity contribution in [3.8, 4) is 11.1 Å². The van der Waals surface area contributed by atoms with E-state index < -0.39 is 0 Å². The molecule has 0 spiro atoms. The van der Waals surface area contributed by atoms with E-state index in [2.05, 4.69) is 45.7 Å². The number of hydrogen-bond acceptors (Lipinski definition) is 3. The molecule has 116 valence electrons. The fourth-order valence-corrected chi connectivity index (χ4v) is 2.92. The lowest BCUT2D eigenvalue weighted by molar-refractivity contribution is -0.115. The molecule has 1 aliphatic rings. The Morgan fingerprint density at radius 2 is 2.00 bits per heavy atom. The van der Waals surface area contributed by atoms with Crippen molar-refractivity contribution in [2.24, 2.45) is 0 Å². The summed E-state index contributed by atoms with van der Waals surface area (Å²) < 4.78 is 0. The molecule has 0 unspecified atom stereocenters. The summed E-state index contributed by atoms with van der Waals surface area (Å²) in [5.74, 6) is 0.00972. The zero-order valence-corrected chi connectivity index (χ0v) is 13.0. The molecule has 24 heavy (non-hydrogen) atoms. The average molecular weight is 313 g/mol. The molecule has 0 saturated carbocycles. The molecule has 3 aromatic rings. The molecule has 1 aliphatic heterocycles. The smallest absolute Gasteiger partial charge is 0.243 e. The van der Waals surface area contributed by atoms with Crippen molar-refractivity contribution >= 4 is 17.3 Å². The van der Waals surface area contributed by atoms with Gasteiger partial charge >= 0.3 is 0 Å². The molecule has 4 rings (SSSR count). The van der Waals surface area contributed by atoms with Crippen LogP contribution in [0.2, 0.25) is 0 Å². The van der Waals surface area contributed by atoms with Crippen molar-refractivity contribution in [2.45, 2.75) is 6.54 Å². The summed E-state index contributed by atoms with van der Waals surface area (Å²) in [6.07, 6.45) is 4.43. The summed E-state index contributed by atoms with van der Waals surface area (Å²) >= 11 is 0. The van der Waals surface area contributed by atoms with Crippen molar-refractivity contribution < 1.29 is 4.79 Å². The second kappa shape index (κ2) is 6.05. The van der Waals surface area contributed by atoms with Crippen LogP contribution in [0.4, 0.5) is 11.4 Å². The molecule has 0 saturated heterocycles. The van der Waals surface area contributed by atoms with Crippen molar-refractivity contribution in [3.63, 3.8) is 0 Å². The molecule has 0 fully saturated rings. The summed E-state index contributed by atoms with van der Waals surface area (Å²) in [5.41, 5.74) is 5.05. The molecule has 1 aromatic heterocycles. The van der Waals surface area contributed by atoms with Gasteiger partial charge < -0.3 is 10.2 Å². The third-order valence-corrected chi connectivity index (χ3v) is 4.06. The third-order valence-electron chi connectivity index (χ3n) is 4.06. The lowest BCUT2D eigenvalue weighted by Crippen LogP contribution is -2.37. The van der Waals surface area contributed by atoms with Crippen LogP contribution in [0.3, 0.4) is 0 Å². The number of fused-ring (bicyclic) bond motifs is 1. The molecule has 2 heterocycles. The highest BCUT2D eigenvalue weighted by Gasteiger charge is 2.22. The van der Waals surface area contributed by atoms with Crippen LogP contribution in [0.25, 0.3) is 11.1 Å². The van der Waals surface area contributed by atoms with Gasteiger partial charge in [-0.3, -0.25) is 4.79 Å².